The normalized spacial score (nSPS) is 11.5. The zero-order chi connectivity index (χ0) is 20.1. The smallest absolute Gasteiger partial charge is 0.143 e. The van der Waals surface area contributed by atoms with Crippen LogP contribution in [0.1, 0.15) is 0 Å². The van der Waals surface area contributed by atoms with Crippen molar-refractivity contribution >= 4 is 32.7 Å². The van der Waals surface area contributed by atoms with Crippen molar-refractivity contribution in [2.24, 2.45) is 0 Å². The molecule has 5 aromatic carbocycles. The van der Waals surface area contributed by atoms with Crippen LogP contribution < -0.4 is 0 Å². The Kier molecular flexibility index (Phi) is 3.72. The Bertz CT molecular complexity index is 1540. The third-order valence-electron chi connectivity index (χ3n) is 5.77. The van der Waals surface area contributed by atoms with E-state index in [1.807, 2.05) is 36.4 Å². The lowest BCUT2D eigenvalue weighted by Gasteiger charge is -2.12. The van der Waals surface area contributed by atoms with Gasteiger partial charge in [0.05, 0.1) is 0 Å². The van der Waals surface area contributed by atoms with Crippen molar-refractivity contribution in [3.8, 4) is 22.3 Å². The molecule has 0 aliphatic heterocycles. The number of rotatable bonds is 2. The van der Waals surface area contributed by atoms with E-state index in [0.717, 1.165) is 55.0 Å². The maximum absolute atomic E-state index is 13.4. The molecule has 0 fully saturated rings. The van der Waals surface area contributed by atoms with Crippen LogP contribution in [0.5, 0.6) is 0 Å². The standard InChI is InChI=1S/C28H17FO/c29-19-14-12-18(13-15-19)20-16-17-23(22-7-2-1-6-21(20)22)25-9-5-10-26-24-8-3-4-11-27(24)30-28(25)26/h1-17H. The second-order valence-corrected chi connectivity index (χ2v) is 7.49. The predicted molar refractivity (Wildman–Crippen MR) is 122 cm³/mol. The highest BCUT2D eigenvalue weighted by Gasteiger charge is 2.15. The Labute approximate surface area is 173 Å². The second-order valence-electron chi connectivity index (χ2n) is 7.49. The number of benzene rings is 5. The minimum atomic E-state index is -0.226. The Morgan fingerprint density at radius 2 is 1.10 bits per heavy atom. The maximum Gasteiger partial charge on any atom is 0.143 e. The fraction of sp³-hybridized carbons (Fsp3) is 0. The fourth-order valence-electron chi connectivity index (χ4n) is 4.37. The third kappa shape index (κ3) is 2.54. The molecular formula is C28H17FO. The predicted octanol–water partition coefficient (Wildman–Crippen LogP) is 8.21. The molecule has 0 bridgehead atoms. The first-order valence-electron chi connectivity index (χ1n) is 9.98. The van der Waals surface area contributed by atoms with Crippen molar-refractivity contribution < 1.29 is 8.81 Å². The molecule has 0 spiro atoms. The summed E-state index contributed by atoms with van der Waals surface area (Å²) in [4.78, 5) is 0. The number of halogens is 1. The van der Waals surface area contributed by atoms with Gasteiger partial charge in [0.15, 0.2) is 0 Å². The van der Waals surface area contributed by atoms with E-state index in [-0.39, 0.29) is 5.82 Å². The highest BCUT2D eigenvalue weighted by molar-refractivity contribution is 6.13. The average molecular weight is 388 g/mol. The largest absolute Gasteiger partial charge is 0.455 e. The lowest BCUT2D eigenvalue weighted by molar-refractivity contribution is 0.628. The molecular weight excluding hydrogens is 371 g/mol. The summed E-state index contributed by atoms with van der Waals surface area (Å²) in [6.07, 6.45) is 0. The van der Waals surface area contributed by atoms with Gasteiger partial charge < -0.3 is 4.42 Å². The topological polar surface area (TPSA) is 13.1 Å². The maximum atomic E-state index is 13.4. The van der Waals surface area contributed by atoms with Crippen LogP contribution >= 0.6 is 0 Å². The van der Waals surface area contributed by atoms with Gasteiger partial charge in [-0.05, 0) is 45.7 Å². The highest BCUT2D eigenvalue weighted by atomic mass is 19.1. The summed E-state index contributed by atoms with van der Waals surface area (Å²) in [7, 11) is 0. The average Bonchev–Trinajstić information content (AvgIpc) is 3.18. The monoisotopic (exact) mass is 388 g/mol. The second kappa shape index (κ2) is 6.57. The highest BCUT2D eigenvalue weighted by Crippen LogP contribution is 2.40. The van der Waals surface area contributed by atoms with Gasteiger partial charge in [-0.3, -0.25) is 0 Å². The summed E-state index contributed by atoms with van der Waals surface area (Å²) in [5.74, 6) is -0.226. The lowest BCUT2D eigenvalue weighted by atomic mass is 9.91. The summed E-state index contributed by atoms with van der Waals surface area (Å²) >= 11 is 0. The summed E-state index contributed by atoms with van der Waals surface area (Å²) in [5, 5.41) is 4.53. The van der Waals surface area contributed by atoms with Crippen LogP contribution in [0.4, 0.5) is 4.39 Å². The van der Waals surface area contributed by atoms with Gasteiger partial charge in [-0.2, -0.15) is 0 Å². The van der Waals surface area contributed by atoms with Gasteiger partial charge in [-0.15, -0.1) is 0 Å². The molecule has 2 heteroatoms. The quantitative estimate of drug-likeness (QED) is 0.291. The fourth-order valence-corrected chi connectivity index (χ4v) is 4.37. The molecule has 30 heavy (non-hydrogen) atoms. The summed E-state index contributed by atoms with van der Waals surface area (Å²) in [6, 6.07) is 33.7. The molecule has 142 valence electrons. The summed E-state index contributed by atoms with van der Waals surface area (Å²) in [6.45, 7) is 0. The van der Waals surface area contributed by atoms with E-state index in [9.17, 15) is 4.39 Å². The molecule has 6 rings (SSSR count). The molecule has 0 N–H and O–H groups in total. The molecule has 0 aliphatic rings. The Morgan fingerprint density at radius 1 is 0.467 bits per heavy atom. The summed E-state index contributed by atoms with van der Waals surface area (Å²) in [5.41, 5.74) is 6.09. The van der Waals surface area contributed by atoms with Crippen molar-refractivity contribution in [3.63, 3.8) is 0 Å². The van der Waals surface area contributed by atoms with Crippen molar-refractivity contribution in [2.45, 2.75) is 0 Å². The van der Waals surface area contributed by atoms with Gasteiger partial charge in [0.2, 0.25) is 0 Å². The third-order valence-corrected chi connectivity index (χ3v) is 5.77. The van der Waals surface area contributed by atoms with Crippen molar-refractivity contribution in [2.75, 3.05) is 0 Å². The van der Waals surface area contributed by atoms with Crippen molar-refractivity contribution in [3.05, 3.63) is 109 Å². The van der Waals surface area contributed by atoms with Crippen LogP contribution in [-0.2, 0) is 0 Å². The first-order chi connectivity index (χ1) is 14.8. The number of fused-ring (bicyclic) bond motifs is 4. The van der Waals surface area contributed by atoms with E-state index < -0.39 is 0 Å². The molecule has 0 unspecified atom stereocenters. The molecule has 0 radical (unpaired) electrons. The minimum Gasteiger partial charge on any atom is -0.455 e. The zero-order valence-corrected chi connectivity index (χ0v) is 16.1. The van der Waals surface area contributed by atoms with E-state index in [0.29, 0.717) is 0 Å². The van der Waals surface area contributed by atoms with E-state index in [1.54, 1.807) is 0 Å². The lowest BCUT2D eigenvalue weighted by Crippen LogP contribution is -1.87. The SMILES string of the molecule is Fc1ccc(-c2ccc(-c3cccc4c3oc3ccccc34)c3ccccc23)cc1. The van der Waals surface area contributed by atoms with Gasteiger partial charge in [-0.25, -0.2) is 4.39 Å². The Balaban J connectivity index is 1.65. The van der Waals surface area contributed by atoms with Gasteiger partial charge >= 0.3 is 0 Å². The number of hydrogen-bond donors (Lipinski definition) is 0. The van der Waals surface area contributed by atoms with Gasteiger partial charge in [-0.1, -0.05) is 84.9 Å². The summed E-state index contributed by atoms with van der Waals surface area (Å²) < 4.78 is 19.7. The molecule has 6 aromatic rings. The number of furan rings is 1. The first-order valence-corrected chi connectivity index (χ1v) is 9.98. The molecule has 0 saturated carbocycles. The Hall–Kier alpha value is -3.91. The van der Waals surface area contributed by atoms with Crippen LogP contribution in [0.25, 0.3) is 55.0 Å². The van der Waals surface area contributed by atoms with Crippen molar-refractivity contribution in [1.82, 2.24) is 0 Å². The number of hydrogen-bond acceptors (Lipinski definition) is 1. The minimum absolute atomic E-state index is 0.226. The van der Waals surface area contributed by atoms with Gasteiger partial charge in [0, 0.05) is 16.3 Å². The van der Waals surface area contributed by atoms with E-state index in [1.165, 1.54) is 12.1 Å². The molecule has 0 amide bonds. The van der Waals surface area contributed by atoms with Crippen LogP contribution in [-0.4, -0.2) is 0 Å². The van der Waals surface area contributed by atoms with Crippen LogP contribution in [0.3, 0.4) is 0 Å². The molecule has 1 heterocycles. The molecule has 1 nitrogen and oxygen atoms in total. The molecule has 0 saturated heterocycles. The van der Waals surface area contributed by atoms with Crippen LogP contribution in [0.15, 0.2) is 108 Å². The van der Waals surface area contributed by atoms with Gasteiger partial charge in [0.1, 0.15) is 17.0 Å². The van der Waals surface area contributed by atoms with Crippen molar-refractivity contribution in [1.29, 1.82) is 0 Å². The Morgan fingerprint density at radius 3 is 1.90 bits per heavy atom. The van der Waals surface area contributed by atoms with E-state index in [4.69, 9.17) is 4.42 Å². The van der Waals surface area contributed by atoms with Crippen LogP contribution in [0, 0.1) is 5.82 Å². The van der Waals surface area contributed by atoms with E-state index in [2.05, 4.69) is 54.6 Å². The van der Waals surface area contributed by atoms with Gasteiger partial charge in [0.25, 0.3) is 0 Å². The zero-order valence-electron chi connectivity index (χ0n) is 16.1. The first kappa shape index (κ1) is 17.0. The number of para-hydroxylation sites is 2. The van der Waals surface area contributed by atoms with E-state index >= 15 is 0 Å². The molecule has 0 aliphatic carbocycles. The van der Waals surface area contributed by atoms with Crippen LogP contribution in [0.2, 0.25) is 0 Å². The molecule has 0 atom stereocenters. The molecule has 1 aromatic heterocycles.